The lowest BCUT2D eigenvalue weighted by Crippen LogP contribution is -2.12. The second kappa shape index (κ2) is 5.64. The van der Waals surface area contributed by atoms with Crippen molar-refractivity contribution in [1.82, 2.24) is 0 Å². The van der Waals surface area contributed by atoms with Crippen LogP contribution in [0.1, 0.15) is 26.2 Å². The summed E-state index contributed by atoms with van der Waals surface area (Å²) < 4.78 is 0. The van der Waals surface area contributed by atoms with E-state index in [9.17, 15) is 19.2 Å². The third kappa shape index (κ3) is 7.39. The van der Waals surface area contributed by atoms with Gasteiger partial charge in [-0.15, -0.1) is 12.6 Å². The first-order valence-corrected chi connectivity index (χ1v) is 4.11. The molecule has 0 aromatic rings. The average molecular weight is 202 g/mol. The van der Waals surface area contributed by atoms with Gasteiger partial charge in [0, 0.05) is 0 Å². The summed E-state index contributed by atoms with van der Waals surface area (Å²) in [5, 5.41) is -0.569. The average Bonchev–Trinajstić information content (AvgIpc) is 1.80. The number of carbonyl (C=O) groups excluding carboxylic acids is 4. The molecule has 72 valence electrons. The van der Waals surface area contributed by atoms with E-state index in [1.165, 1.54) is 6.92 Å². The highest BCUT2D eigenvalue weighted by Gasteiger charge is 2.12. The summed E-state index contributed by atoms with van der Waals surface area (Å²) in [7, 11) is 0. The third-order valence-corrected chi connectivity index (χ3v) is 1.35. The Bertz CT molecular complexity index is 231. The largest absolute Gasteiger partial charge is 0.300 e. The fourth-order valence-corrected chi connectivity index (χ4v) is 0.968. The summed E-state index contributed by atoms with van der Waals surface area (Å²) in [4.78, 5) is 42.5. The summed E-state index contributed by atoms with van der Waals surface area (Å²) in [6.45, 7) is 1.27. The normalized spacial score (nSPS) is 9.38. The van der Waals surface area contributed by atoms with Crippen molar-refractivity contribution in [3.05, 3.63) is 0 Å². The molecule has 0 N–H and O–H groups in total. The number of ketones is 3. The molecule has 4 nitrogen and oxygen atoms in total. The van der Waals surface area contributed by atoms with Gasteiger partial charge in [0.2, 0.25) is 0 Å². The molecule has 0 unspecified atom stereocenters. The van der Waals surface area contributed by atoms with Gasteiger partial charge in [0.25, 0.3) is 0 Å². The van der Waals surface area contributed by atoms with Crippen molar-refractivity contribution >= 4 is 35.1 Å². The fraction of sp³-hybridized carbons (Fsp3) is 0.500. The molecule has 0 amide bonds. The van der Waals surface area contributed by atoms with Crippen LogP contribution in [0.3, 0.4) is 0 Å². The van der Waals surface area contributed by atoms with E-state index in [0.717, 1.165) is 0 Å². The number of thiol groups is 1. The van der Waals surface area contributed by atoms with Crippen molar-refractivity contribution in [2.45, 2.75) is 26.2 Å². The predicted molar refractivity (Wildman–Crippen MR) is 48.5 cm³/mol. The highest BCUT2D eigenvalue weighted by molar-refractivity contribution is 7.96. The lowest BCUT2D eigenvalue weighted by Gasteiger charge is -1.95. The van der Waals surface area contributed by atoms with E-state index in [-0.39, 0.29) is 25.0 Å². The molecule has 0 aliphatic heterocycles. The van der Waals surface area contributed by atoms with Gasteiger partial charge >= 0.3 is 0 Å². The van der Waals surface area contributed by atoms with Gasteiger partial charge in [0.05, 0.1) is 19.3 Å². The van der Waals surface area contributed by atoms with Crippen molar-refractivity contribution in [2.24, 2.45) is 0 Å². The van der Waals surface area contributed by atoms with Crippen LogP contribution in [0.15, 0.2) is 0 Å². The lowest BCUT2D eigenvalue weighted by molar-refractivity contribution is -0.129. The summed E-state index contributed by atoms with van der Waals surface area (Å²) in [6.07, 6.45) is -0.953. The monoisotopic (exact) mass is 202 g/mol. The molecule has 0 heterocycles. The smallest absolute Gasteiger partial charge is 0.193 e. The Morgan fingerprint density at radius 2 is 1.38 bits per heavy atom. The molecular formula is C8H10O4S. The summed E-state index contributed by atoms with van der Waals surface area (Å²) >= 11 is 3.39. The van der Waals surface area contributed by atoms with Crippen LogP contribution in [0.25, 0.3) is 0 Å². The number of rotatable bonds is 6. The van der Waals surface area contributed by atoms with Crippen molar-refractivity contribution in [3.63, 3.8) is 0 Å². The predicted octanol–water partition coefficient (Wildman–Crippen LogP) is 0.340. The van der Waals surface area contributed by atoms with Gasteiger partial charge in [-0.05, 0) is 6.92 Å². The Hall–Kier alpha value is -0.970. The van der Waals surface area contributed by atoms with Crippen LogP contribution in [-0.4, -0.2) is 22.5 Å². The third-order valence-electron chi connectivity index (χ3n) is 1.19. The molecule has 13 heavy (non-hydrogen) atoms. The van der Waals surface area contributed by atoms with E-state index < -0.39 is 16.7 Å². The van der Waals surface area contributed by atoms with E-state index in [0.29, 0.717) is 0 Å². The molecule has 0 bridgehead atoms. The maximum atomic E-state index is 10.9. The summed E-state index contributed by atoms with van der Waals surface area (Å²) in [6, 6.07) is 0. The Labute approximate surface area is 81.1 Å². The standard InChI is InChI=1S/C8H10O4S/c1-5(9)2-6(10)3-7(11)4-8(12)13/h2-4H2,1H3,(H,12,13). The molecule has 0 saturated carbocycles. The van der Waals surface area contributed by atoms with E-state index in [1.54, 1.807) is 0 Å². The van der Waals surface area contributed by atoms with Crippen LogP contribution in [0.5, 0.6) is 0 Å². The van der Waals surface area contributed by atoms with Gasteiger partial charge in [-0.2, -0.15) is 0 Å². The zero-order valence-corrected chi connectivity index (χ0v) is 8.10. The SMILES string of the molecule is CC(=O)CC(=O)CC(=O)CC(=O)S. The van der Waals surface area contributed by atoms with Crippen LogP contribution in [0.2, 0.25) is 0 Å². The van der Waals surface area contributed by atoms with Crippen LogP contribution in [0, 0.1) is 0 Å². The minimum Gasteiger partial charge on any atom is -0.300 e. The first kappa shape index (κ1) is 12.0. The molecule has 0 rings (SSSR count). The molecule has 0 spiro atoms. The van der Waals surface area contributed by atoms with Gasteiger partial charge < -0.3 is 0 Å². The second-order valence-corrected chi connectivity index (χ2v) is 3.20. The first-order chi connectivity index (χ1) is 5.91. The zero-order chi connectivity index (χ0) is 10.4. The van der Waals surface area contributed by atoms with Crippen LogP contribution in [-0.2, 0) is 19.2 Å². The Morgan fingerprint density at radius 1 is 0.923 bits per heavy atom. The van der Waals surface area contributed by atoms with Crippen LogP contribution in [0.4, 0.5) is 0 Å². The van der Waals surface area contributed by atoms with Crippen LogP contribution < -0.4 is 0 Å². The number of hydrogen-bond acceptors (Lipinski definition) is 4. The molecule has 0 saturated heterocycles. The van der Waals surface area contributed by atoms with E-state index in [1.807, 2.05) is 0 Å². The first-order valence-electron chi connectivity index (χ1n) is 3.66. The Balaban J connectivity index is 3.85. The van der Waals surface area contributed by atoms with Crippen molar-refractivity contribution < 1.29 is 19.2 Å². The van der Waals surface area contributed by atoms with Gasteiger partial charge in [-0.3, -0.25) is 19.2 Å². The van der Waals surface area contributed by atoms with Gasteiger partial charge in [0.1, 0.15) is 17.3 Å². The molecular weight excluding hydrogens is 192 g/mol. The summed E-state index contributed by atoms with van der Waals surface area (Å²) in [5.74, 6) is -1.23. The number of carbonyl (C=O) groups is 4. The van der Waals surface area contributed by atoms with Crippen molar-refractivity contribution in [2.75, 3.05) is 0 Å². The summed E-state index contributed by atoms with van der Waals surface area (Å²) in [5.41, 5.74) is 0. The maximum Gasteiger partial charge on any atom is 0.193 e. The molecule has 0 aromatic carbocycles. The highest BCUT2D eigenvalue weighted by Crippen LogP contribution is 1.98. The lowest BCUT2D eigenvalue weighted by atomic mass is 10.1. The van der Waals surface area contributed by atoms with Gasteiger partial charge in [-0.25, -0.2) is 0 Å². The van der Waals surface area contributed by atoms with E-state index in [4.69, 9.17) is 0 Å². The van der Waals surface area contributed by atoms with Crippen LogP contribution >= 0.6 is 12.6 Å². The van der Waals surface area contributed by atoms with E-state index >= 15 is 0 Å². The maximum absolute atomic E-state index is 10.9. The Kier molecular flexibility index (Phi) is 5.22. The molecule has 0 atom stereocenters. The molecule has 0 fully saturated rings. The fourth-order valence-electron chi connectivity index (χ4n) is 0.791. The molecule has 0 aliphatic carbocycles. The minimum absolute atomic E-state index is 0.244. The Morgan fingerprint density at radius 3 is 1.77 bits per heavy atom. The van der Waals surface area contributed by atoms with Crippen molar-refractivity contribution in [1.29, 1.82) is 0 Å². The van der Waals surface area contributed by atoms with Gasteiger partial charge in [0.15, 0.2) is 5.12 Å². The minimum atomic E-state index is -0.569. The molecule has 5 heteroatoms. The second-order valence-electron chi connectivity index (χ2n) is 2.70. The van der Waals surface area contributed by atoms with Gasteiger partial charge in [-0.1, -0.05) is 0 Å². The highest BCUT2D eigenvalue weighted by atomic mass is 32.1. The number of Topliss-reactive ketones (excluding diaryl/α,β-unsaturated/α-hetero) is 3. The van der Waals surface area contributed by atoms with E-state index in [2.05, 4.69) is 12.6 Å². The number of hydrogen-bond donors (Lipinski definition) is 1. The topological polar surface area (TPSA) is 68.3 Å². The van der Waals surface area contributed by atoms with Crippen molar-refractivity contribution in [3.8, 4) is 0 Å². The molecule has 0 aliphatic rings. The molecule has 0 aromatic heterocycles. The zero-order valence-electron chi connectivity index (χ0n) is 7.20. The molecule has 0 radical (unpaired) electrons. The quantitative estimate of drug-likeness (QED) is 0.498.